The Kier molecular flexibility index (Phi) is 5.35. The molecule has 104 valence electrons. The largest absolute Gasteiger partial charge is 0.398 e. The molecule has 0 unspecified atom stereocenters. The highest BCUT2D eigenvalue weighted by molar-refractivity contribution is 9.10. The van der Waals surface area contributed by atoms with E-state index in [-0.39, 0.29) is 18.4 Å². The van der Waals surface area contributed by atoms with E-state index in [0.717, 1.165) is 4.47 Å². The summed E-state index contributed by atoms with van der Waals surface area (Å²) in [5.74, 6) is -0.581. The molecular weight excluding hydrogens is 310 g/mol. The number of hydrogen-bond acceptors (Lipinski definition) is 3. The third kappa shape index (κ3) is 4.55. The first-order valence-corrected chi connectivity index (χ1v) is 6.73. The van der Waals surface area contributed by atoms with Crippen LogP contribution in [0, 0.1) is 5.92 Å². The van der Waals surface area contributed by atoms with Gasteiger partial charge in [0.15, 0.2) is 0 Å². The first kappa shape index (κ1) is 15.5. The number of carbonyl (C=O) groups excluding carboxylic acids is 2. The number of amides is 2. The van der Waals surface area contributed by atoms with Crippen molar-refractivity contribution in [1.29, 1.82) is 0 Å². The van der Waals surface area contributed by atoms with Gasteiger partial charge in [0, 0.05) is 16.7 Å². The summed E-state index contributed by atoms with van der Waals surface area (Å²) < 4.78 is 0.798. The second-order valence-corrected chi connectivity index (χ2v) is 5.69. The molecule has 0 saturated heterocycles. The van der Waals surface area contributed by atoms with Crippen LogP contribution in [-0.4, -0.2) is 29.8 Å². The molecule has 4 N–H and O–H groups in total. The van der Waals surface area contributed by atoms with Gasteiger partial charge in [0.05, 0.1) is 12.1 Å². The Bertz CT molecular complexity index is 489. The fourth-order valence-corrected chi connectivity index (χ4v) is 2.13. The predicted molar refractivity (Wildman–Crippen MR) is 78.5 cm³/mol. The van der Waals surface area contributed by atoms with Crippen LogP contribution in [0.25, 0.3) is 0 Å². The lowest BCUT2D eigenvalue weighted by Gasteiger charge is -2.23. The molecule has 1 aromatic rings. The van der Waals surface area contributed by atoms with Gasteiger partial charge in [-0.05, 0) is 24.1 Å². The number of nitrogens with two attached hydrogens (primary N) is 2. The number of nitrogens with zero attached hydrogens (tertiary/aromatic N) is 1. The molecule has 0 bridgehead atoms. The second-order valence-electron chi connectivity index (χ2n) is 4.78. The normalized spacial score (nSPS) is 10.5. The SMILES string of the molecule is CC(C)CN(CC(N)=O)C(=O)c1ccc(Br)cc1N. The Labute approximate surface area is 121 Å². The third-order valence-electron chi connectivity index (χ3n) is 2.46. The summed E-state index contributed by atoms with van der Waals surface area (Å²) in [5, 5.41) is 0. The van der Waals surface area contributed by atoms with Crippen LogP contribution < -0.4 is 11.5 Å². The summed E-state index contributed by atoms with van der Waals surface area (Å²) in [7, 11) is 0. The first-order valence-electron chi connectivity index (χ1n) is 5.94. The van der Waals surface area contributed by atoms with E-state index >= 15 is 0 Å². The lowest BCUT2D eigenvalue weighted by molar-refractivity contribution is -0.118. The van der Waals surface area contributed by atoms with Crippen molar-refractivity contribution >= 4 is 33.4 Å². The van der Waals surface area contributed by atoms with Gasteiger partial charge < -0.3 is 16.4 Å². The van der Waals surface area contributed by atoms with Gasteiger partial charge in [0.2, 0.25) is 5.91 Å². The molecule has 6 heteroatoms. The van der Waals surface area contributed by atoms with E-state index in [4.69, 9.17) is 11.5 Å². The molecule has 1 aromatic carbocycles. The van der Waals surface area contributed by atoms with Crippen LogP contribution in [0.1, 0.15) is 24.2 Å². The number of carbonyl (C=O) groups is 2. The lowest BCUT2D eigenvalue weighted by atomic mass is 10.1. The number of anilines is 1. The van der Waals surface area contributed by atoms with E-state index < -0.39 is 5.91 Å². The van der Waals surface area contributed by atoms with Crippen molar-refractivity contribution in [3.8, 4) is 0 Å². The summed E-state index contributed by atoms with van der Waals surface area (Å²) in [6.07, 6.45) is 0. The molecule has 0 heterocycles. The van der Waals surface area contributed by atoms with Crippen molar-refractivity contribution in [3.05, 3.63) is 28.2 Å². The third-order valence-corrected chi connectivity index (χ3v) is 2.96. The van der Waals surface area contributed by atoms with Crippen molar-refractivity contribution in [2.75, 3.05) is 18.8 Å². The van der Waals surface area contributed by atoms with Crippen LogP contribution in [0.4, 0.5) is 5.69 Å². The molecule has 0 radical (unpaired) electrons. The van der Waals surface area contributed by atoms with Gasteiger partial charge in [-0.2, -0.15) is 0 Å². The molecule has 0 aliphatic carbocycles. The summed E-state index contributed by atoms with van der Waals surface area (Å²) in [6, 6.07) is 5.03. The highest BCUT2D eigenvalue weighted by atomic mass is 79.9. The highest BCUT2D eigenvalue weighted by Gasteiger charge is 2.20. The Hall–Kier alpha value is -1.56. The molecule has 0 aromatic heterocycles. The summed E-state index contributed by atoms with van der Waals surface area (Å²) in [5.41, 5.74) is 11.8. The van der Waals surface area contributed by atoms with Crippen molar-refractivity contribution in [2.24, 2.45) is 11.7 Å². The van der Waals surface area contributed by atoms with Crippen LogP contribution in [0.2, 0.25) is 0 Å². The van der Waals surface area contributed by atoms with E-state index in [0.29, 0.717) is 17.8 Å². The minimum Gasteiger partial charge on any atom is -0.398 e. The van der Waals surface area contributed by atoms with Gasteiger partial charge in [0.25, 0.3) is 5.91 Å². The molecule has 0 spiro atoms. The van der Waals surface area contributed by atoms with E-state index in [2.05, 4.69) is 15.9 Å². The van der Waals surface area contributed by atoms with Gasteiger partial charge in [-0.3, -0.25) is 9.59 Å². The smallest absolute Gasteiger partial charge is 0.256 e. The molecule has 0 saturated carbocycles. The van der Waals surface area contributed by atoms with E-state index in [1.165, 1.54) is 4.90 Å². The maximum Gasteiger partial charge on any atom is 0.256 e. The van der Waals surface area contributed by atoms with Crippen LogP contribution in [-0.2, 0) is 4.79 Å². The standard InChI is InChI=1S/C13H18BrN3O2/c1-8(2)6-17(7-12(16)18)13(19)10-4-3-9(14)5-11(10)15/h3-5,8H,6-7,15H2,1-2H3,(H2,16,18). The number of benzene rings is 1. The lowest BCUT2D eigenvalue weighted by Crippen LogP contribution is -2.40. The first-order chi connectivity index (χ1) is 8.81. The van der Waals surface area contributed by atoms with Crippen molar-refractivity contribution in [3.63, 3.8) is 0 Å². The van der Waals surface area contributed by atoms with Gasteiger partial charge in [-0.15, -0.1) is 0 Å². The maximum absolute atomic E-state index is 12.4. The Morgan fingerprint density at radius 3 is 2.47 bits per heavy atom. The number of primary amides is 1. The van der Waals surface area contributed by atoms with E-state index in [1.54, 1.807) is 18.2 Å². The molecule has 0 atom stereocenters. The fourth-order valence-electron chi connectivity index (χ4n) is 1.75. The van der Waals surface area contributed by atoms with Crippen LogP contribution in [0.3, 0.4) is 0 Å². The minimum atomic E-state index is -0.537. The fraction of sp³-hybridized carbons (Fsp3) is 0.385. The molecule has 0 aliphatic rings. The molecule has 0 aliphatic heterocycles. The van der Waals surface area contributed by atoms with Gasteiger partial charge in [-0.25, -0.2) is 0 Å². The van der Waals surface area contributed by atoms with E-state index in [1.807, 2.05) is 13.8 Å². The van der Waals surface area contributed by atoms with Gasteiger partial charge >= 0.3 is 0 Å². The maximum atomic E-state index is 12.4. The zero-order valence-electron chi connectivity index (χ0n) is 11.0. The van der Waals surface area contributed by atoms with Gasteiger partial charge in [-0.1, -0.05) is 29.8 Å². The highest BCUT2D eigenvalue weighted by Crippen LogP contribution is 2.20. The summed E-state index contributed by atoms with van der Waals surface area (Å²) in [6.45, 7) is 4.28. The minimum absolute atomic E-state index is 0.105. The Morgan fingerprint density at radius 2 is 2.00 bits per heavy atom. The zero-order chi connectivity index (χ0) is 14.6. The quantitative estimate of drug-likeness (QED) is 0.805. The molecule has 1 rings (SSSR count). The Balaban J connectivity index is 3.00. The van der Waals surface area contributed by atoms with Crippen LogP contribution in [0.15, 0.2) is 22.7 Å². The molecule has 19 heavy (non-hydrogen) atoms. The van der Waals surface area contributed by atoms with E-state index in [9.17, 15) is 9.59 Å². The topological polar surface area (TPSA) is 89.4 Å². The summed E-state index contributed by atoms with van der Waals surface area (Å²) in [4.78, 5) is 24.8. The predicted octanol–water partition coefficient (Wildman–Crippen LogP) is 1.61. The van der Waals surface area contributed by atoms with Crippen molar-refractivity contribution in [2.45, 2.75) is 13.8 Å². The average molecular weight is 328 g/mol. The van der Waals surface area contributed by atoms with Crippen molar-refractivity contribution in [1.82, 2.24) is 4.90 Å². The number of nitrogen functional groups attached to an aromatic ring is 1. The molecule has 0 fully saturated rings. The average Bonchev–Trinajstić information content (AvgIpc) is 2.26. The molecule has 2 amide bonds. The molecule has 5 nitrogen and oxygen atoms in total. The number of halogens is 1. The summed E-state index contributed by atoms with van der Waals surface area (Å²) >= 11 is 3.28. The number of rotatable bonds is 5. The number of hydrogen-bond donors (Lipinski definition) is 2. The Morgan fingerprint density at radius 1 is 1.37 bits per heavy atom. The second kappa shape index (κ2) is 6.56. The van der Waals surface area contributed by atoms with Crippen molar-refractivity contribution < 1.29 is 9.59 Å². The zero-order valence-corrected chi connectivity index (χ0v) is 12.6. The van der Waals surface area contributed by atoms with Crippen LogP contribution in [0.5, 0.6) is 0 Å². The monoisotopic (exact) mass is 327 g/mol. The van der Waals surface area contributed by atoms with Crippen LogP contribution >= 0.6 is 15.9 Å². The van der Waals surface area contributed by atoms with Gasteiger partial charge in [0.1, 0.15) is 0 Å². The molecular formula is C13H18BrN3O2.